The number of sulfone groups is 1. The van der Waals surface area contributed by atoms with E-state index < -0.39 is 14.6 Å². The number of amides is 1. The molecule has 6 heteroatoms. The molecule has 0 aromatic heterocycles. The van der Waals surface area contributed by atoms with Gasteiger partial charge in [-0.1, -0.05) is 24.3 Å². The molecule has 0 radical (unpaired) electrons. The summed E-state index contributed by atoms with van der Waals surface area (Å²) in [5.41, 5.74) is 2.09. The van der Waals surface area contributed by atoms with Gasteiger partial charge in [-0.2, -0.15) is 0 Å². The van der Waals surface area contributed by atoms with Crippen molar-refractivity contribution in [3.05, 3.63) is 35.4 Å². The van der Waals surface area contributed by atoms with Crippen molar-refractivity contribution in [3.63, 3.8) is 0 Å². The Morgan fingerprint density at radius 1 is 1.33 bits per heavy atom. The van der Waals surface area contributed by atoms with Crippen LogP contribution in [0.3, 0.4) is 0 Å². The number of carbonyl (C=O) groups excluding carboxylic acids is 1. The van der Waals surface area contributed by atoms with Gasteiger partial charge in [-0.3, -0.25) is 4.79 Å². The quantitative estimate of drug-likeness (QED) is 0.808. The second-order valence-electron chi connectivity index (χ2n) is 6.88. The van der Waals surface area contributed by atoms with E-state index in [2.05, 4.69) is 0 Å². The molecule has 1 amide bonds. The van der Waals surface area contributed by atoms with Crippen LogP contribution in [0.15, 0.2) is 24.3 Å². The lowest BCUT2D eigenvalue weighted by molar-refractivity contribution is -0.137. The standard InChI is InChI=1S/C18H25NO4S/c1-3-23-11-16-8-9-24(21,22)18(16)12-19(13-18)17(20)10-15-7-5-4-6-14(15)2/h4-7,16H,3,8-13H2,1-2H3/t16-/m0/s1. The second kappa shape index (κ2) is 6.48. The summed E-state index contributed by atoms with van der Waals surface area (Å²) in [5.74, 6) is 0.224. The lowest BCUT2D eigenvalue weighted by atomic mass is 9.83. The lowest BCUT2D eigenvalue weighted by Gasteiger charge is -2.50. The van der Waals surface area contributed by atoms with Crippen LogP contribution in [-0.4, -0.2) is 56.0 Å². The van der Waals surface area contributed by atoms with Gasteiger partial charge in [0.2, 0.25) is 5.91 Å². The van der Waals surface area contributed by atoms with Gasteiger partial charge in [-0.25, -0.2) is 8.42 Å². The highest BCUT2D eigenvalue weighted by Crippen LogP contribution is 2.45. The molecule has 1 aromatic carbocycles. The van der Waals surface area contributed by atoms with Gasteiger partial charge in [0.05, 0.1) is 18.8 Å². The van der Waals surface area contributed by atoms with Crippen molar-refractivity contribution in [3.8, 4) is 0 Å². The fourth-order valence-corrected chi connectivity index (χ4v) is 6.23. The molecule has 2 saturated heterocycles. The van der Waals surface area contributed by atoms with E-state index in [-0.39, 0.29) is 17.6 Å². The van der Waals surface area contributed by atoms with E-state index in [9.17, 15) is 13.2 Å². The van der Waals surface area contributed by atoms with Crippen LogP contribution in [0, 0.1) is 12.8 Å². The first-order chi connectivity index (χ1) is 11.4. The van der Waals surface area contributed by atoms with Gasteiger partial charge in [0.1, 0.15) is 4.75 Å². The van der Waals surface area contributed by atoms with E-state index in [1.165, 1.54) is 0 Å². The molecule has 2 aliphatic heterocycles. The van der Waals surface area contributed by atoms with E-state index >= 15 is 0 Å². The average molecular weight is 351 g/mol. The normalized spacial score (nSPS) is 24.1. The van der Waals surface area contributed by atoms with Crippen molar-refractivity contribution in [1.82, 2.24) is 4.90 Å². The zero-order valence-electron chi connectivity index (χ0n) is 14.3. The van der Waals surface area contributed by atoms with Gasteiger partial charge >= 0.3 is 0 Å². The number of carbonyl (C=O) groups is 1. The molecule has 0 bridgehead atoms. The molecule has 1 atom stereocenters. The predicted molar refractivity (Wildman–Crippen MR) is 92.6 cm³/mol. The van der Waals surface area contributed by atoms with Crippen molar-refractivity contribution >= 4 is 15.7 Å². The largest absolute Gasteiger partial charge is 0.381 e. The van der Waals surface area contributed by atoms with Crippen LogP contribution in [0.5, 0.6) is 0 Å². The van der Waals surface area contributed by atoms with Gasteiger partial charge in [0.25, 0.3) is 0 Å². The minimum atomic E-state index is -3.15. The molecule has 0 N–H and O–H groups in total. The highest BCUT2D eigenvalue weighted by molar-refractivity contribution is 7.93. The summed E-state index contributed by atoms with van der Waals surface area (Å²) < 4.78 is 29.8. The monoisotopic (exact) mass is 351 g/mol. The maximum Gasteiger partial charge on any atom is 0.227 e. The van der Waals surface area contributed by atoms with E-state index in [1.807, 2.05) is 38.1 Å². The number of hydrogen-bond acceptors (Lipinski definition) is 4. The average Bonchev–Trinajstić information content (AvgIpc) is 2.76. The Balaban J connectivity index is 1.68. The third-order valence-corrected chi connectivity index (χ3v) is 8.10. The van der Waals surface area contributed by atoms with Gasteiger partial charge in [-0.15, -0.1) is 0 Å². The maximum absolute atomic E-state index is 12.5. The lowest BCUT2D eigenvalue weighted by Crippen LogP contribution is -2.69. The van der Waals surface area contributed by atoms with Crippen LogP contribution >= 0.6 is 0 Å². The van der Waals surface area contributed by atoms with Crippen molar-refractivity contribution < 1.29 is 17.9 Å². The molecular weight excluding hydrogens is 326 g/mol. The molecule has 1 spiro atoms. The molecule has 0 aliphatic carbocycles. The molecule has 2 fully saturated rings. The van der Waals surface area contributed by atoms with Crippen molar-refractivity contribution in [2.75, 3.05) is 32.1 Å². The summed E-state index contributed by atoms with van der Waals surface area (Å²) in [6.07, 6.45) is 0.973. The number of aryl methyl sites for hydroxylation is 1. The summed E-state index contributed by atoms with van der Waals surface area (Å²) in [6, 6.07) is 7.81. The molecule has 3 rings (SSSR count). The SMILES string of the molecule is CCOC[C@@H]1CCS(=O)(=O)C12CN(C(=O)Cc1ccccc1C)C2. The fourth-order valence-electron chi connectivity index (χ4n) is 3.83. The Morgan fingerprint density at radius 2 is 2.04 bits per heavy atom. The van der Waals surface area contributed by atoms with Gasteiger partial charge in [0, 0.05) is 25.6 Å². The Morgan fingerprint density at radius 3 is 2.71 bits per heavy atom. The Hall–Kier alpha value is -1.40. The maximum atomic E-state index is 12.5. The topological polar surface area (TPSA) is 63.7 Å². The molecule has 0 unspecified atom stereocenters. The van der Waals surface area contributed by atoms with Crippen LogP contribution < -0.4 is 0 Å². The Bertz CT molecular complexity index is 722. The summed E-state index contributed by atoms with van der Waals surface area (Å²) >= 11 is 0. The fraction of sp³-hybridized carbons (Fsp3) is 0.611. The number of likely N-dealkylation sites (tertiary alicyclic amines) is 1. The number of rotatable bonds is 5. The van der Waals surface area contributed by atoms with Crippen molar-refractivity contribution in [1.29, 1.82) is 0 Å². The number of hydrogen-bond donors (Lipinski definition) is 0. The highest BCUT2D eigenvalue weighted by atomic mass is 32.2. The third kappa shape index (κ3) is 2.86. The minimum absolute atomic E-state index is 0.00459. The van der Waals surface area contributed by atoms with E-state index in [4.69, 9.17) is 4.74 Å². The van der Waals surface area contributed by atoms with Crippen molar-refractivity contribution in [2.45, 2.75) is 31.4 Å². The molecule has 132 valence electrons. The van der Waals surface area contributed by atoms with Crippen LogP contribution in [0.1, 0.15) is 24.5 Å². The zero-order chi connectivity index (χ0) is 17.4. The number of nitrogens with zero attached hydrogens (tertiary/aromatic N) is 1. The van der Waals surface area contributed by atoms with E-state index in [1.54, 1.807) is 4.90 Å². The Labute approximate surface area is 143 Å². The van der Waals surface area contributed by atoms with E-state index in [0.717, 1.165) is 11.1 Å². The minimum Gasteiger partial charge on any atom is -0.381 e. The highest BCUT2D eigenvalue weighted by Gasteiger charge is 2.62. The second-order valence-corrected chi connectivity index (χ2v) is 9.33. The predicted octanol–water partition coefficient (Wildman–Crippen LogP) is 1.59. The first-order valence-electron chi connectivity index (χ1n) is 8.52. The molecule has 2 aliphatic rings. The Kier molecular flexibility index (Phi) is 4.71. The van der Waals surface area contributed by atoms with Crippen molar-refractivity contribution in [2.24, 2.45) is 5.92 Å². The van der Waals surface area contributed by atoms with Crippen LogP contribution in [-0.2, 0) is 25.8 Å². The summed E-state index contributed by atoms with van der Waals surface area (Å²) in [4.78, 5) is 14.2. The summed E-state index contributed by atoms with van der Waals surface area (Å²) in [6.45, 7) is 5.59. The van der Waals surface area contributed by atoms with Gasteiger partial charge in [-0.05, 0) is 31.4 Å². The number of ether oxygens (including phenoxy) is 1. The molecular formula is C18H25NO4S. The molecule has 1 aromatic rings. The molecule has 24 heavy (non-hydrogen) atoms. The zero-order valence-corrected chi connectivity index (χ0v) is 15.1. The molecule has 0 saturated carbocycles. The first-order valence-corrected chi connectivity index (χ1v) is 10.2. The number of benzene rings is 1. The smallest absolute Gasteiger partial charge is 0.227 e. The van der Waals surface area contributed by atoms with E-state index in [0.29, 0.717) is 39.1 Å². The first kappa shape index (κ1) is 17.4. The van der Waals surface area contributed by atoms with Gasteiger partial charge < -0.3 is 9.64 Å². The van der Waals surface area contributed by atoms with Gasteiger partial charge in [0.15, 0.2) is 9.84 Å². The molecule has 5 nitrogen and oxygen atoms in total. The summed E-state index contributed by atoms with van der Waals surface area (Å²) in [7, 11) is -3.15. The van der Waals surface area contributed by atoms with Crippen LogP contribution in [0.4, 0.5) is 0 Å². The summed E-state index contributed by atoms with van der Waals surface area (Å²) in [5, 5.41) is 0. The third-order valence-electron chi connectivity index (χ3n) is 5.49. The van der Waals surface area contributed by atoms with Crippen LogP contribution in [0.25, 0.3) is 0 Å². The van der Waals surface area contributed by atoms with Crippen LogP contribution in [0.2, 0.25) is 0 Å². The molecule has 2 heterocycles.